The van der Waals surface area contributed by atoms with Crippen LogP contribution in [0.5, 0.6) is 0 Å². The van der Waals surface area contributed by atoms with Crippen molar-refractivity contribution in [3.05, 3.63) is 0 Å². The highest BCUT2D eigenvalue weighted by Gasteiger charge is 2.26. The van der Waals surface area contributed by atoms with E-state index < -0.39 is 11.8 Å². The zero-order valence-corrected chi connectivity index (χ0v) is 7.96. The molecule has 1 aliphatic rings. The molecule has 0 aromatic heterocycles. The minimum Gasteiger partial charge on any atom is -0.346 e. The van der Waals surface area contributed by atoms with Crippen molar-refractivity contribution in [2.75, 3.05) is 26.7 Å². The van der Waals surface area contributed by atoms with E-state index in [9.17, 15) is 9.59 Å². The highest BCUT2D eigenvalue weighted by molar-refractivity contribution is 6.35. The van der Waals surface area contributed by atoms with Crippen molar-refractivity contribution >= 4 is 11.8 Å². The molecule has 0 aliphatic carbocycles. The van der Waals surface area contributed by atoms with Crippen LogP contribution in [0, 0.1) is 0 Å². The van der Waals surface area contributed by atoms with Crippen LogP contribution < -0.4 is 10.6 Å². The van der Waals surface area contributed by atoms with Gasteiger partial charge in [-0.3, -0.25) is 9.59 Å². The number of nitrogens with zero attached hydrogens (tertiary/aromatic N) is 1. The topological polar surface area (TPSA) is 61.4 Å². The molecular formula is C8H15N3O2. The van der Waals surface area contributed by atoms with Crippen LogP contribution in [0.3, 0.4) is 0 Å². The van der Waals surface area contributed by atoms with Crippen LogP contribution in [0.1, 0.15) is 6.92 Å². The normalized spacial score (nSPS) is 20.0. The lowest BCUT2D eigenvalue weighted by Crippen LogP contribution is -2.54. The first-order valence-corrected chi connectivity index (χ1v) is 4.39. The summed E-state index contributed by atoms with van der Waals surface area (Å²) in [6, 6.07) is 0.217. The van der Waals surface area contributed by atoms with Crippen molar-refractivity contribution < 1.29 is 9.59 Å². The van der Waals surface area contributed by atoms with Gasteiger partial charge in [-0.25, -0.2) is 0 Å². The number of carbonyl (C=O) groups is 2. The summed E-state index contributed by atoms with van der Waals surface area (Å²) in [5.41, 5.74) is 0. The predicted molar refractivity (Wildman–Crippen MR) is 48.1 cm³/mol. The number of hydrogen-bond acceptors (Lipinski definition) is 3. The van der Waals surface area contributed by atoms with E-state index >= 15 is 0 Å². The van der Waals surface area contributed by atoms with Gasteiger partial charge in [0, 0.05) is 25.7 Å². The Labute approximate surface area is 77.5 Å². The number of carbonyl (C=O) groups excluding carboxylic acids is 2. The zero-order valence-electron chi connectivity index (χ0n) is 7.96. The van der Waals surface area contributed by atoms with E-state index in [1.807, 2.05) is 14.0 Å². The number of hydrogen-bond donors (Lipinski definition) is 2. The molecule has 1 saturated heterocycles. The largest absolute Gasteiger partial charge is 0.346 e. The molecule has 0 aromatic rings. The number of amides is 2. The molecule has 0 saturated carbocycles. The van der Waals surface area contributed by atoms with Crippen LogP contribution in [0.4, 0.5) is 0 Å². The summed E-state index contributed by atoms with van der Waals surface area (Å²) in [7, 11) is 1.83. The minimum atomic E-state index is -0.491. The Balaban J connectivity index is 2.49. The van der Waals surface area contributed by atoms with Crippen molar-refractivity contribution in [2.24, 2.45) is 0 Å². The second-order valence-electron chi connectivity index (χ2n) is 3.20. The van der Waals surface area contributed by atoms with Crippen molar-refractivity contribution in [1.29, 1.82) is 0 Å². The van der Waals surface area contributed by atoms with Gasteiger partial charge in [0.1, 0.15) is 0 Å². The molecule has 0 spiro atoms. The van der Waals surface area contributed by atoms with Gasteiger partial charge in [0.05, 0.1) is 0 Å². The third-order valence-corrected chi connectivity index (χ3v) is 2.14. The summed E-state index contributed by atoms with van der Waals surface area (Å²) in [6.45, 7) is 3.72. The standard InChI is InChI=1S/C8H15N3O2/c1-6(9-2)5-11-4-3-10-7(12)8(11)13/h6,9H,3-5H2,1-2H3,(H,10,12). The van der Waals surface area contributed by atoms with E-state index in [-0.39, 0.29) is 6.04 Å². The molecule has 2 amide bonds. The fourth-order valence-corrected chi connectivity index (χ4v) is 1.22. The van der Waals surface area contributed by atoms with E-state index in [2.05, 4.69) is 10.6 Å². The van der Waals surface area contributed by atoms with Crippen LogP contribution >= 0.6 is 0 Å². The Morgan fingerprint density at radius 2 is 2.31 bits per heavy atom. The molecule has 1 fully saturated rings. The molecule has 0 radical (unpaired) electrons. The van der Waals surface area contributed by atoms with Gasteiger partial charge in [0.2, 0.25) is 0 Å². The van der Waals surface area contributed by atoms with Gasteiger partial charge in [-0.15, -0.1) is 0 Å². The molecule has 1 heterocycles. The molecule has 0 aromatic carbocycles. The first kappa shape index (κ1) is 9.98. The number of piperazine rings is 1. The third kappa shape index (κ3) is 2.42. The Bertz CT molecular complexity index is 217. The van der Waals surface area contributed by atoms with E-state index in [1.165, 1.54) is 0 Å². The van der Waals surface area contributed by atoms with Gasteiger partial charge < -0.3 is 15.5 Å². The fourth-order valence-electron chi connectivity index (χ4n) is 1.22. The molecule has 5 heteroatoms. The molecule has 74 valence electrons. The summed E-state index contributed by atoms with van der Waals surface area (Å²) in [6.07, 6.45) is 0. The first-order valence-electron chi connectivity index (χ1n) is 4.39. The van der Waals surface area contributed by atoms with Crippen molar-refractivity contribution in [3.8, 4) is 0 Å². The van der Waals surface area contributed by atoms with Gasteiger partial charge in [-0.05, 0) is 14.0 Å². The number of nitrogens with one attached hydrogen (secondary N) is 2. The molecule has 1 atom stereocenters. The van der Waals surface area contributed by atoms with Crippen LogP contribution in [-0.2, 0) is 9.59 Å². The third-order valence-electron chi connectivity index (χ3n) is 2.14. The average molecular weight is 185 g/mol. The summed E-state index contributed by atoms with van der Waals surface area (Å²) < 4.78 is 0. The lowest BCUT2D eigenvalue weighted by molar-refractivity contribution is -0.148. The van der Waals surface area contributed by atoms with Gasteiger partial charge >= 0.3 is 11.8 Å². The van der Waals surface area contributed by atoms with Crippen LogP contribution in [0.25, 0.3) is 0 Å². The van der Waals surface area contributed by atoms with Gasteiger partial charge in [0.15, 0.2) is 0 Å². The monoisotopic (exact) mass is 185 g/mol. The van der Waals surface area contributed by atoms with Crippen molar-refractivity contribution in [2.45, 2.75) is 13.0 Å². The average Bonchev–Trinajstić information content (AvgIpc) is 2.13. The van der Waals surface area contributed by atoms with Gasteiger partial charge in [-0.1, -0.05) is 0 Å². The summed E-state index contributed by atoms with van der Waals surface area (Å²) in [5.74, 6) is -0.914. The molecular weight excluding hydrogens is 170 g/mol. The van der Waals surface area contributed by atoms with Crippen LogP contribution in [0.15, 0.2) is 0 Å². The van der Waals surface area contributed by atoms with E-state index in [0.717, 1.165) is 0 Å². The molecule has 5 nitrogen and oxygen atoms in total. The Morgan fingerprint density at radius 1 is 1.62 bits per heavy atom. The molecule has 0 bridgehead atoms. The predicted octanol–water partition coefficient (Wildman–Crippen LogP) is -1.45. The summed E-state index contributed by atoms with van der Waals surface area (Å²) in [5, 5.41) is 5.52. The maximum atomic E-state index is 11.3. The fraction of sp³-hybridized carbons (Fsp3) is 0.750. The van der Waals surface area contributed by atoms with Crippen LogP contribution in [-0.4, -0.2) is 49.4 Å². The highest BCUT2D eigenvalue weighted by atomic mass is 16.2. The minimum absolute atomic E-state index is 0.217. The van der Waals surface area contributed by atoms with Gasteiger partial charge in [-0.2, -0.15) is 0 Å². The van der Waals surface area contributed by atoms with Crippen molar-refractivity contribution in [1.82, 2.24) is 15.5 Å². The Hall–Kier alpha value is -1.10. The van der Waals surface area contributed by atoms with E-state index in [0.29, 0.717) is 19.6 Å². The van der Waals surface area contributed by atoms with Gasteiger partial charge in [0.25, 0.3) is 0 Å². The highest BCUT2D eigenvalue weighted by Crippen LogP contribution is 1.97. The zero-order chi connectivity index (χ0) is 9.84. The molecule has 2 N–H and O–H groups in total. The Morgan fingerprint density at radius 3 is 2.92 bits per heavy atom. The lowest BCUT2D eigenvalue weighted by Gasteiger charge is -2.28. The number of likely N-dealkylation sites (N-methyl/N-ethyl adjacent to an activating group) is 1. The summed E-state index contributed by atoms with van der Waals surface area (Å²) >= 11 is 0. The van der Waals surface area contributed by atoms with E-state index in [1.54, 1.807) is 4.90 Å². The smallest absolute Gasteiger partial charge is 0.311 e. The number of rotatable bonds is 3. The molecule has 1 unspecified atom stereocenters. The second kappa shape index (κ2) is 4.23. The maximum Gasteiger partial charge on any atom is 0.311 e. The molecule has 13 heavy (non-hydrogen) atoms. The second-order valence-corrected chi connectivity index (χ2v) is 3.20. The van der Waals surface area contributed by atoms with Crippen LogP contribution in [0.2, 0.25) is 0 Å². The lowest BCUT2D eigenvalue weighted by atomic mass is 10.2. The molecule has 1 aliphatic heterocycles. The maximum absolute atomic E-state index is 11.3. The first-order chi connectivity index (χ1) is 6.15. The van der Waals surface area contributed by atoms with Crippen molar-refractivity contribution in [3.63, 3.8) is 0 Å². The SMILES string of the molecule is CNC(C)CN1CCNC(=O)C1=O. The Kier molecular flexibility index (Phi) is 3.25. The quantitative estimate of drug-likeness (QED) is 0.529. The van der Waals surface area contributed by atoms with E-state index in [4.69, 9.17) is 0 Å². The summed E-state index contributed by atoms with van der Waals surface area (Å²) in [4.78, 5) is 23.8. The molecule has 1 rings (SSSR count).